The molecule has 1 heterocycles. The summed E-state index contributed by atoms with van der Waals surface area (Å²) in [6.45, 7) is 7.07. The van der Waals surface area contributed by atoms with Crippen LogP contribution in [-0.2, 0) is 0 Å². The Bertz CT molecular complexity index is 660. The molecule has 6 heteroatoms. The summed E-state index contributed by atoms with van der Waals surface area (Å²) in [4.78, 5) is 9.33. The lowest BCUT2D eigenvalue weighted by molar-refractivity contribution is 0.809. The minimum absolute atomic E-state index is 0.296. The molecular weight excluding hydrogens is 417 g/mol. The first-order valence-corrected chi connectivity index (χ1v) is 8.67. The quantitative estimate of drug-likeness (QED) is 0.655. The van der Waals surface area contributed by atoms with Crippen LogP contribution in [0.5, 0.6) is 0 Å². The van der Waals surface area contributed by atoms with Gasteiger partial charge in [0.05, 0.1) is 10.2 Å². The SMILES string of the molecule is CCNc1nc(-c2ccc(Cl)cc2Br)nc(C(C)C)c1Br. The number of anilines is 1. The van der Waals surface area contributed by atoms with Gasteiger partial charge in [-0.05, 0) is 62.9 Å². The van der Waals surface area contributed by atoms with Gasteiger partial charge in [0.2, 0.25) is 0 Å². The summed E-state index contributed by atoms with van der Waals surface area (Å²) >= 11 is 13.1. The lowest BCUT2D eigenvalue weighted by atomic mass is 10.1. The van der Waals surface area contributed by atoms with E-state index in [4.69, 9.17) is 16.6 Å². The molecule has 0 radical (unpaired) electrons. The van der Waals surface area contributed by atoms with Crippen molar-refractivity contribution in [3.05, 3.63) is 37.9 Å². The maximum atomic E-state index is 6.00. The average molecular weight is 434 g/mol. The Balaban J connectivity index is 2.62. The van der Waals surface area contributed by atoms with Gasteiger partial charge in [0.25, 0.3) is 0 Å². The largest absolute Gasteiger partial charge is 0.369 e. The Morgan fingerprint density at radius 2 is 1.95 bits per heavy atom. The zero-order chi connectivity index (χ0) is 15.6. The molecule has 0 amide bonds. The summed E-state index contributed by atoms with van der Waals surface area (Å²) in [5.74, 6) is 1.79. The smallest absolute Gasteiger partial charge is 0.162 e. The van der Waals surface area contributed by atoms with E-state index in [0.717, 1.165) is 32.6 Å². The van der Waals surface area contributed by atoms with Crippen LogP contribution in [0, 0.1) is 0 Å². The zero-order valence-electron chi connectivity index (χ0n) is 12.0. The molecule has 1 N–H and O–H groups in total. The number of nitrogens with one attached hydrogen (secondary N) is 1. The van der Waals surface area contributed by atoms with Crippen LogP contribution in [0.1, 0.15) is 32.4 Å². The molecule has 1 aromatic carbocycles. The number of aromatic nitrogens is 2. The molecule has 1 aromatic heterocycles. The third-order valence-corrected chi connectivity index (χ3v) is 4.61. The van der Waals surface area contributed by atoms with E-state index in [9.17, 15) is 0 Å². The van der Waals surface area contributed by atoms with Crippen LogP contribution < -0.4 is 5.32 Å². The summed E-state index contributed by atoms with van der Waals surface area (Å²) in [6.07, 6.45) is 0. The van der Waals surface area contributed by atoms with Gasteiger partial charge in [0.15, 0.2) is 5.82 Å². The Kier molecular flexibility index (Phi) is 5.63. The molecule has 0 atom stereocenters. The second-order valence-electron chi connectivity index (χ2n) is 4.90. The maximum Gasteiger partial charge on any atom is 0.162 e. The third kappa shape index (κ3) is 3.76. The Labute approximate surface area is 146 Å². The molecule has 0 aliphatic carbocycles. The van der Waals surface area contributed by atoms with Crippen molar-refractivity contribution in [2.24, 2.45) is 0 Å². The summed E-state index contributed by atoms with van der Waals surface area (Å²) in [6, 6.07) is 5.62. The van der Waals surface area contributed by atoms with Crippen molar-refractivity contribution in [2.75, 3.05) is 11.9 Å². The molecule has 2 rings (SSSR count). The van der Waals surface area contributed by atoms with E-state index in [-0.39, 0.29) is 0 Å². The van der Waals surface area contributed by atoms with Gasteiger partial charge in [-0.2, -0.15) is 0 Å². The number of hydrogen-bond acceptors (Lipinski definition) is 3. The van der Waals surface area contributed by atoms with Gasteiger partial charge >= 0.3 is 0 Å². The Morgan fingerprint density at radius 3 is 2.52 bits per heavy atom. The molecular formula is C15H16Br2ClN3. The first-order valence-electron chi connectivity index (χ1n) is 6.70. The normalized spacial score (nSPS) is 11.0. The Hall–Kier alpha value is -0.650. The molecule has 0 spiro atoms. The number of hydrogen-bond donors (Lipinski definition) is 1. The van der Waals surface area contributed by atoms with E-state index in [2.05, 4.69) is 56.0 Å². The minimum Gasteiger partial charge on any atom is -0.369 e. The number of nitrogens with zero attached hydrogens (tertiary/aromatic N) is 2. The van der Waals surface area contributed by atoms with Gasteiger partial charge in [-0.1, -0.05) is 25.4 Å². The molecule has 112 valence electrons. The van der Waals surface area contributed by atoms with Crippen LogP contribution in [0.15, 0.2) is 27.1 Å². The van der Waals surface area contributed by atoms with Gasteiger partial charge in [-0.15, -0.1) is 0 Å². The van der Waals surface area contributed by atoms with Gasteiger partial charge in [0, 0.05) is 21.6 Å². The Morgan fingerprint density at radius 1 is 1.24 bits per heavy atom. The molecule has 0 unspecified atom stereocenters. The fourth-order valence-corrected chi connectivity index (χ4v) is 3.56. The highest BCUT2D eigenvalue weighted by Gasteiger charge is 2.17. The standard InChI is InChI=1S/C15H16Br2ClN3/c1-4-19-15-12(17)13(8(2)3)20-14(21-15)10-6-5-9(18)7-11(10)16/h5-8H,4H2,1-3H3,(H,19,20,21). The fraction of sp³-hybridized carbons (Fsp3) is 0.333. The van der Waals surface area contributed by atoms with E-state index >= 15 is 0 Å². The summed E-state index contributed by atoms with van der Waals surface area (Å²) in [5, 5.41) is 3.95. The summed E-state index contributed by atoms with van der Waals surface area (Å²) < 4.78 is 1.81. The van der Waals surface area contributed by atoms with Gasteiger partial charge in [-0.3, -0.25) is 0 Å². The van der Waals surface area contributed by atoms with Crippen LogP contribution in [-0.4, -0.2) is 16.5 Å². The highest BCUT2D eigenvalue weighted by Crippen LogP contribution is 2.34. The molecule has 2 aromatic rings. The van der Waals surface area contributed by atoms with Gasteiger partial charge < -0.3 is 5.32 Å². The number of halogens is 3. The number of rotatable bonds is 4. The van der Waals surface area contributed by atoms with E-state index in [1.54, 1.807) is 0 Å². The number of benzene rings is 1. The van der Waals surface area contributed by atoms with Crippen LogP contribution in [0.25, 0.3) is 11.4 Å². The van der Waals surface area contributed by atoms with Crippen molar-refractivity contribution >= 4 is 49.3 Å². The monoisotopic (exact) mass is 431 g/mol. The first kappa shape index (κ1) is 16.7. The zero-order valence-corrected chi connectivity index (χ0v) is 16.0. The summed E-state index contributed by atoms with van der Waals surface area (Å²) in [5.41, 5.74) is 1.91. The van der Waals surface area contributed by atoms with Crippen molar-refractivity contribution in [1.29, 1.82) is 0 Å². The minimum atomic E-state index is 0.296. The fourth-order valence-electron chi connectivity index (χ4n) is 1.92. The van der Waals surface area contributed by atoms with E-state index in [1.165, 1.54) is 0 Å². The van der Waals surface area contributed by atoms with Crippen LogP contribution in [0.2, 0.25) is 5.02 Å². The lowest BCUT2D eigenvalue weighted by Gasteiger charge is -2.15. The van der Waals surface area contributed by atoms with E-state index in [0.29, 0.717) is 16.8 Å². The molecule has 0 fully saturated rings. The first-order chi connectivity index (χ1) is 9.93. The van der Waals surface area contributed by atoms with Crippen molar-refractivity contribution in [2.45, 2.75) is 26.7 Å². The highest BCUT2D eigenvalue weighted by molar-refractivity contribution is 9.11. The molecule has 0 saturated carbocycles. The van der Waals surface area contributed by atoms with Gasteiger partial charge in [0.1, 0.15) is 5.82 Å². The van der Waals surface area contributed by atoms with E-state index < -0.39 is 0 Å². The van der Waals surface area contributed by atoms with Crippen molar-refractivity contribution < 1.29 is 0 Å². The van der Waals surface area contributed by atoms with Crippen molar-refractivity contribution in [3.8, 4) is 11.4 Å². The molecule has 0 aliphatic heterocycles. The summed E-state index contributed by atoms with van der Waals surface area (Å²) in [7, 11) is 0. The predicted molar refractivity (Wildman–Crippen MR) is 96.1 cm³/mol. The lowest BCUT2D eigenvalue weighted by Crippen LogP contribution is -2.07. The van der Waals surface area contributed by atoms with Crippen LogP contribution in [0.4, 0.5) is 5.82 Å². The van der Waals surface area contributed by atoms with E-state index in [1.807, 2.05) is 25.1 Å². The predicted octanol–water partition coefficient (Wildman–Crippen LogP) is 5.88. The van der Waals surface area contributed by atoms with Crippen LogP contribution in [0.3, 0.4) is 0 Å². The highest BCUT2D eigenvalue weighted by atomic mass is 79.9. The van der Waals surface area contributed by atoms with Crippen LogP contribution >= 0.6 is 43.5 Å². The molecule has 3 nitrogen and oxygen atoms in total. The van der Waals surface area contributed by atoms with Crippen molar-refractivity contribution in [1.82, 2.24) is 9.97 Å². The second-order valence-corrected chi connectivity index (χ2v) is 6.99. The molecule has 0 bridgehead atoms. The second kappa shape index (κ2) is 7.07. The molecule has 0 saturated heterocycles. The van der Waals surface area contributed by atoms with Crippen molar-refractivity contribution in [3.63, 3.8) is 0 Å². The molecule has 0 aliphatic rings. The average Bonchev–Trinajstić information content (AvgIpc) is 2.41. The van der Waals surface area contributed by atoms with Gasteiger partial charge in [-0.25, -0.2) is 9.97 Å². The topological polar surface area (TPSA) is 37.8 Å². The molecule has 21 heavy (non-hydrogen) atoms. The third-order valence-electron chi connectivity index (χ3n) is 2.94. The maximum absolute atomic E-state index is 6.00.